The molecule has 0 unspecified atom stereocenters. The van der Waals surface area contributed by atoms with Crippen LogP contribution in [0.4, 0.5) is 4.79 Å². The van der Waals surface area contributed by atoms with E-state index in [1.165, 1.54) is 4.80 Å². The summed E-state index contributed by atoms with van der Waals surface area (Å²) in [6, 6.07) is -2.51. The number of hydroxylamine groups is 2. The van der Waals surface area contributed by atoms with Gasteiger partial charge in [0.05, 0.1) is 31.0 Å². The van der Waals surface area contributed by atoms with Gasteiger partial charge in [-0.3, -0.25) is 25.0 Å². The van der Waals surface area contributed by atoms with Crippen LogP contribution in [0, 0.1) is 0 Å². The number of rotatable bonds is 6. The van der Waals surface area contributed by atoms with Gasteiger partial charge in [0.15, 0.2) is 0 Å². The van der Waals surface area contributed by atoms with Crippen molar-refractivity contribution in [3.63, 3.8) is 0 Å². The normalized spacial score (nSPS) is 24.7. The molecular weight excluding hydrogens is 424 g/mol. The SMILES string of the molecule is CCN1C(=O)N(OS(=O)(=O)O)CC[C@H]1C(=O)NNC(=O)[C@@H]1C[C@H](n2nccn2)CN1. The van der Waals surface area contributed by atoms with Crippen molar-refractivity contribution in [1.82, 2.24) is 41.1 Å². The summed E-state index contributed by atoms with van der Waals surface area (Å²) in [5, 5.41) is 11.6. The summed E-state index contributed by atoms with van der Waals surface area (Å²) >= 11 is 0. The highest BCUT2D eigenvalue weighted by molar-refractivity contribution is 7.80. The minimum Gasteiger partial charge on any atom is -0.311 e. The summed E-state index contributed by atoms with van der Waals surface area (Å²) in [6.07, 6.45) is 3.54. The number of nitrogens with one attached hydrogen (secondary N) is 3. The minimum absolute atomic E-state index is 0.0194. The van der Waals surface area contributed by atoms with Crippen LogP contribution in [0.5, 0.6) is 0 Å². The molecule has 3 atom stereocenters. The lowest BCUT2D eigenvalue weighted by Gasteiger charge is -2.38. The largest absolute Gasteiger partial charge is 0.418 e. The molecule has 0 saturated carbocycles. The molecule has 4 N–H and O–H groups in total. The Balaban J connectivity index is 1.52. The number of hydrogen-bond acceptors (Lipinski definition) is 9. The fourth-order valence-electron chi connectivity index (χ4n) is 3.38. The molecule has 1 aromatic heterocycles. The lowest BCUT2D eigenvalue weighted by atomic mass is 10.1. The van der Waals surface area contributed by atoms with E-state index in [0.717, 1.165) is 4.90 Å². The van der Waals surface area contributed by atoms with Gasteiger partial charge in [0.2, 0.25) is 0 Å². The molecule has 166 valence electrons. The lowest BCUT2D eigenvalue weighted by molar-refractivity contribution is -0.135. The van der Waals surface area contributed by atoms with Crippen molar-refractivity contribution in [2.75, 3.05) is 19.6 Å². The van der Waals surface area contributed by atoms with Crippen LogP contribution in [0.25, 0.3) is 0 Å². The molecule has 0 aromatic carbocycles. The van der Waals surface area contributed by atoms with Crippen molar-refractivity contribution in [1.29, 1.82) is 0 Å². The van der Waals surface area contributed by atoms with Crippen LogP contribution in [0.2, 0.25) is 0 Å². The summed E-state index contributed by atoms with van der Waals surface area (Å²) in [6.45, 7) is 1.90. The second-order valence-corrected chi connectivity index (χ2v) is 7.66. The first-order valence-corrected chi connectivity index (χ1v) is 10.5. The molecule has 2 aliphatic heterocycles. The highest BCUT2D eigenvalue weighted by Crippen LogP contribution is 2.19. The number of carbonyl (C=O) groups is 3. The van der Waals surface area contributed by atoms with Crippen molar-refractivity contribution in [3.8, 4) is 0 Å². The summed E-state index contributed by atoms with van der Waals surface area (Å²) in [4.78, 5) is 39.7. The molecule has 0 aliphatic carbocycles. The fourth-order valence-corrected chi connectivity index (χ4v) is 3.75. The first-order chi connectivity index (χ1) is 14.2. The smallest absolute Gasteiger partial charge is 0.311 e. The van der Waals surface area contributed by atoms with Crippen LogP contribution in [0.3, 0.4) is 0 Å². The zero-order chi connectivity index (χ0) is 21.9. The lowest BCUT2D eigenvalue weighted by Crippen LogP contribution is -2.61. The predicted molar refractivity (Wildman–Crippen MR) is 97.3 cm³/mol. The third-order valence-electron chi connectivity index (χ3n) is 4.76. The van der Waals surface area contributed by atoms with Crippen LogP contribution in [-0.4, -0.2) is 87.5 Å². The first kappa shape index (κ1) is 21.9. The number of carbonyl (C=O) groups excluding carboxylic acids is 3. The van der Waals surface area contributed by atoms with Gasteiger partial charge in [-0.05, 0) is 19.8 Å². The Morgan fingerprint density at radius 1 is 1.30 bits per heavy atom. The van der Waals surface area contributed by atoms with Crippen LogP contribution in [0.1, 0.15) is 25.8 Å². The Morgan fingerprint density at radius 2 is 1.97 bits per heavy atom. The zero-order valence-corrected chi connectivity index (χ0v) is 16.8. The number of likely N-dealkylation sites (N-methyl/N-ethyl adjacent to an activating group) is 1. The number of aromatic nitrogens is 3. The van der Waals surface area contributed by atoms with E-state index in [1.54, 1.807) is 19.3 Å². The third kappa shape index (κ3) is 5.02. The van der Waals surface area contributed by atoms with E-state index in [4.69, 9.17) is 4.55 Å². The quantitative estimate of drug-likeness (QED) is 0.270. The van der Waals surface area contributed by atoms with Crippen LogP contribution in [0.15, 0.2) is 12.4 Å². The minimum atomic E-state index is -4.87. The van der Waals surface area contributed by atoms with E-state index in [9.17, 15) is 22.8 Å². The van der Waals surface area contributed by atoms with E-state index in [0.29, 0.717) is 18.0 Å². The van der Waals surface area contributed by atoms with Crippen LogP contribution in [-0.2, 0) is 24.3 Å². The molecule has 0 bridgehead atoms. The monoisotopic (exact) mass is 446 g/mol. The Bertz CT molecular complexity index is 892. The van der Waals surface area contributed by atoms with Crippen LogP contribution >= 0.6 is 0 Å². The van der Waals surface area contributed by atoms with Gasteiger partial charge >= 0.3 is 16.4 Å². The highest BCUT2D eigenvalue weighted by atomic mass is 32.3. The molecule has 2 fully saturated rings. The summed E-state index contributed by atoms with van der Waals surface area (Å²) in [5.41, 5.74) is 4.62. The topological polar surface area (TPSA) is 188 Å². The van der Waals surface area contributed by atoms with Crippen molar-refractivity contribution in [2.45, 2.75) is 37.9 Å². The van der Waals surface area contributed by atoms with E-state index in [1.807, 2.05) is 0 Å². The molecule has 3 rings (SSSR count). The maximum absolute atomic E-state index is 12.5. The second kappa shape index (κ2) is 8.90. The Hall–Kier alpha value is -2.82. The van der Waals surface area contributed by atoms with E-state index in [-0.39, 0.29) is 25.6 Å². The molecular formula is C14H22N8O7S. The molecule has 2 aliphatic rings. The fraction of sp³-hybridized carbons (Fsp3) is 0.643. The predicted octanol–water partition coefficient (Wildman–Crippen LogP) is -2.42. The number of amides is 4. The number of hydrazine groups is 1. The Kier molecular flexibility index (Phi) is 6.49. The molecule has 30 heavy (non-hydrogen) atoms. The average molecular weight is 446 g/mol. The number of nitrogens with zero attached hydrogens (tertiary/aromatic N) is 5. The number of urea groups is 1. The van der Waals surface area contributed by atoms with Gasteiger partial charge in [0.25, 0.3) is 11.8 Å². The zero-order valence-electron chi connectivity index (χ0n) is 16.0. The molecule has 15 nitrogen and oxygen atoms in total. The van der Waals surface area contributed by atoms with E-state index in [2.05, 4.69) is 30.6 Å². The van der Waals surface area contributed by atoms with Gasteiger partial charge in [-0.1, -0.05) is 0 Å². The highest BCUT2D eigenvalue weighted by Gasteiger charge is 2.39. The molecule has 0 spiro atoms. The van der Waals surface area contributed by atoms with Gasteiger partial charge in [0.1, 0.15) is 6.04 Å². The van der Waals surface area contributed by atoms with E-state index >= 15 is 0 Å². The summed E-state index contributed by atoms with van der Waals surface area (Å²) in [5.74, 6) is -1.10. The molecule has 2 saturated heterocycles. The molecule has 16 heteroatoms. The Morgan fingerprint density at radius 3 is 2.60 bits per heavy atom. The maximum Gasteiger partial charge on any atom is 0.418 e. The van der Waals surface area contributed by atoms with Crippen molar-refractivity contribution in [3.05, 3.63) is 12.4 Å². The second-order valence-electron chi connectivity index (χ2n) is 6.66. The van der Waals surface area contributed by atoms with E-state index < -0.39 is 40.3 Å². The molecule has 3 heterocycles. The maximum atomic E-state index is 12.5. The standard InChI is InChI=1S/C14H22N8O7S/c1-2-20-11(3-6-21(14(20)25)29-30(26,27)28)13(24)19-18-12(23)10-7-9(8-15-10)22-16-4-5-17-22/h4-5,9-11,15H,2-3,6-8H2,1H3,(H,18,23)(H,19,24)(H,26,27,28)/t9-,10-,11-/m0/s1. The average Bonchev–Trinajstić information content (AvgIpc) is 3.37. The summed E-state index contributed by atoms with van der Waals surface area (Å²) in [7, 11) is -4.87. The summed E-state index contributed by atoms with van der Waals surface area (Å²) < 4.78 is 34.6. The van der Waals surface area contributed by atoms with Gasteiger partial charge < -0.3 is 10.2 Å². The Labute approximate surface area is 171 Å². The van der Waals surface area contributed by atoms with Gasteiger partial charge in [0, 0.05) is 13.1 Å². The van der Waals surface area contributed by atoms with Crippen molar-refractivity contribution < 1.29 is 31.6 Å². The van der Waals surface area contributed by atoms with Crippen molar-refractivity contribution in [2.24, 2.45) is 0 Å². The molecule has 1 aromatic rings. The van der Waals surface area contributed by atoms with Gasteiger partial charge in [-0.25, -0.2) is 4.79 Å². The van der Waals surface area contributed by atoms with Crippen molar-refractivity contribution >= 4 is 28.2 Å². The van der Waals surface area contributed by atoms with Crippen LogP contribution < -0.4 is 16.2 Å². The molecule has 4 amide bonds. The number of hydrogen-bond donors (Lipinski definition) is 4. The first-order valence-electron chi connectivity index (χ1n) is 9.13. The third-order valence-corrected chi connectivity index (χ3v) is 5.13. The van der Waals surface area contributed by atoms with Gasteiger partial charge in [-0.2, -0.15) is 28.5 Å². The molecule has 0 radical (unpaired) electrons. The van der Waals surface area contributed by atoms with Gasteiger partial charge in [-0.15, -0.1) is 4.28 Å².